The molecule has 81 heavy (non-hydrogen) atoms. The van der Waals surface area contributed by atoms with Crippen LogP contribution < -0.4 is 4.74 Å². The lowest BCUT2D eigenvalue weighted by atomic mass is 9.62. The maximum Gasteiger partial charge on any atom is 0.303 e. The molecular weight excluding hydrogens is 1070 g/mol. The number of hydrogen-bond acceptors (Lipinski definition) is 25. The van der Waals surface area contributed by atoms with E-state index in [0.717, 1.165) is 6.92 Å². The largest absolute Gasteiger partial charge is 0.508 e. The van der Waals surface area contributed by atoms with Crippen molar-refractivity contribution in [1.29, 1.82) is 0 Å². The van der Waals surface area contributed by atoms with E-state index in [9.17, 15) is 55.2 Å². The fourth-order valence-corrected chi connectivity index (χ4v) is 12.8. The van der Waals surface area contributed by atoms with Crippen molar-refractivity contribution < 1.29 is 122 Å². The van der Waals surface area contributed by atoms with Gasteiger partial charge in [-0.25, -0.2) is 0 Å². The summed E-state index contributed by atoms with van der Waals surface area (Å²) in [7, 11) is 2.65. The third-order valence-corrected chi connectivity index (χ3v) is 17.0. The maximum absolute atomic E-state index is 15.6. The lowest BCUT2D eigenvalue weighted by Crippen LogP contribution is -2.65. The second-order valence-electron chi connectivity index (χ2n) is 22.8. The van der Waals surface area contributed by atoms with E-state index in [1.54, 1.807) is 27.7 Å². The number of fused-ring (bicyclic) bond motifs is 3. The average molecular weight is 1150 g/mol. The van der Waals surface area contributed by atoms with Crippen molar-refractivity contribution in [3.05, 3.63) is 40.2 Å². The standard InChI is InChI=1S/C56H76O25/c1-20-32(77-37-16-33(45(61)22(3)71-37)78-36-15-31(59)50(69-10)25(6)74-36)14-29-12-28-13-30-51(70-11)49(65)41(21(2)57)52(66)56(30,53(67)43(28)48(64)42(29)44(20)60)81-39-18-35(47(63)24(5)73-39)79-38-17-34(46(62)23(4)72-38)80-40-19-55(9,68)54(26(7)75-40)76-27(8)58/h12,14,22-26,30-31,33-40,45-47,50-51,54,59-64,66,68H,13,15-19H2,1-11H3/t22?,23?,24?,25?,26?,30?,31?,33?,34?,35?,36?,37?,38?,39?,40?,45?,46?,47?,50?,51-,54?,55?,56-/m1/s1. The van der Waals surface area contributed by atoms with Crippen molar-refractivity contribution in [3.8, 4) is 17.2 Å². The number of Topliss-reactive ketones (excluding diaryl/α,β-unsaturated/α-hetero) is 3. The van der Waals surface area contributed by atoms with Gasteiger partial charge in [0.25, 0.3) is 0 Å². The second-order valence-corrected chi connectivity index (χ2v) is 22.8. The molecule has 21 unspecified atom stereocenters. The topological polar surface area (TPSA) is 350 Å². The summed E-state index contributed by atoms with van der Waals surface area (Å²) in [6.07, 6.45) is -21.6. The number of carbonyl (C=O) groups is 4. The van der Waals surface area contributed by atoms with Crippen molar-refractivity contribution >= 4 is 34.1 Å². The van der Waals surface area contributed by atoms with Crippen LogP contribution in [0.2, 0.25) is 0 Å². The number of esters is 1. The Kier molecular flexibility index (Phi) is 17.7. The minimum absolute atomic E-state index is 0.0203. The molecule has 9 rings (SSSR count). The Morgan fingerprint density at radius 2 is 1.21 bits per heavy atom. The minimum Gasteiger partial charge on any atom is -0.508 e. The van der Waals surface area contributed by atoms with Gasteiger partial charge >= 0.3 is 5.97 Å². The van der Waals surface area contributed by atoms with Crippen LogP contribution in [0.5, 0.6) is 17.2 Å². The first-order valence-corrected chi connectivity index (χ1v) is 27.4. The highest BCUT2D eigenvalue weighted by Crippen LogP contribution is 2.54. The molecule has 0 spiro atoms. The van der Waals surface area contributed by atoms with Crippen molar-refractivity contribution in [2.24, 2.45) is 5.92 Å². The Morgan fingerprint density at radius 1 is 0.679 bits per heavy atom. The van der Waals surface area contributed by atoms with E-state index in [1.165, 1.54) is 54.0 Å². The molecule has 2 aromatic carbocycles. The molecule has 8 N–H and O–H groups in total. The lowest BCUT2D eigenvalue weighted by Gasteiger charge is -2.50. The van der Waals surface area contributed by atoms with Crippen LogP contribution in [0.4, 0.5) is 0 Å². The van der Waals surface area contributed by atoms with E-state index in [1.807, 2.05) is 0 Å². The number of methoxy groups -OCH3 is 2. The fourth-order valence-electron chi connectivity index (χ4n) is 12.8. The zero-order valence-electron chi connectivity index (χ0n) is 47.0. The molecule has 5 aliphatic heterocycles. The summed E-state index contributed by atoms with van der Waals surface area (Å²) in [6, 6.07) is 3.00. The van der Waals surface area contributed by atoms with Crippen LogP contribution in [0, 0.1) is 12.8 Å². The molecule has 7 aliphatic rings. The fraction of sp³-hybridized carbons (Fsp3) is 0.714. The van der Waals surface area contributed by atoms with E-state index in [0.29, 0.717) is 0 Å². The van der Waals surface area contributed by atoms with Crippen molar-refractivity contribution in [2.45, 2.75) is 235 Å². The van der Waals surface area contributed by atoms with Gasteiger partial charge in [-0.3, -0.25) is 19.2 Å². The number of benzene rings is 2. The zero-order chi connectivity index (χ0) is 59.1. The third-order valence-electron chi connectivity index (χ3n) is 17.0. The summed E-state index contributed by atoms with van der Waals surface area (Å²) < 4.78 is 78.3. The molecule has 0 saturated carbocycles. The molecule has 25 nitrogen and oxygen atoms in total. The Morgan fingerprint density at radius 3 is 1.77 bits per heavy atom. The van der Waals surface area contributed by atoms with Crippen LogP contribution in [-0.2, 0) is 77.6 Å². The summed E-state index contributed by atoms with van der Waals surface area (Å²) in [5.41, 5.74) is -5.23. The number of rotatable bonds is 14. The summed E-state index contributed by atoms with van der Waals surface area (Å²) in [4.78, 5) is 54.9. The van der Waals surface area contributed by atoms with E-state index < -0.39 is 192 Å². The molecule has 450 valence electrons. The zero-order valence-corrected chi connectivity index (χ0v) is 47.0. The minimum atomic E-state index is -2.69. The number of aliphatic hydroxyl groups excluding tert-OH is 5. The van der Waals surface area contributed by atoms with Crippen LogP contribution in [-0.4, -0.2) is 213 Å². The Labute approximate surface area is 467 Å². The first kappa shape index (κ1) is 61.1. The summed E-state index contributed by atoms with van der Waals surface area (Å²) in [5.74, 6) is -7.26. The van der Waals surface area contributed by atoms with Gasteiger partial charge in [0.15, 0.2) is 48.4 Å². The van der Waals surface area contributed by atoms with E-state index in [2.05, 4.69) is 0 Å². The van der Waals surface area contributed by atoms with Crippen molar-refractivity contribution in [3.63, 3.8) is 0 Å². The molecule has 0 bridgehead atoms. The summed E-state index contributed by atoms with van der Waals surface area (Å²) >= 11 is 0. The average Bonchev–Trinajstić information content (AvgIpc) is 3.35. The molecule has 5 fully saturated rings. The monoisotopic (exact) mass is 1150 g/mol. The number of ketones is 3. The predicted octanol–water partition coefficient (Wildman–Crippen LogP) is 2.02. The molecule has 2 aliphatic carbocycles. The lowest BCUT2D eigenvalue weighted by molar-refractivity contribution is -0.337. The molecule has 25 heteroatoms. The van der Waals surface area contributed by atoms with Gasteiger partial charge in [-0.15, -0.1) is 0 Å². The van der Waals surface area contributed by atoms with Gasteiger partial charge in [-0.1, -0.05) is 0 Å². The number of phenols is 2. The Hall–Kier alpha value is -4.52. The van der Waals surface area contributed by atoms with Gasteiger partial charge in [0, 0.05) is 64.7 Å². The van der Waals surface area contributed by atoms with Gasteiger partial charge in [0.1, 0.15) is 64.7 Å². The first-order valence-electron chi connectivity index (χ1n) is 27.4. The molecular formula is C56H76O25. The van der Waals surface area contributed by atoms with Crippen LogP contribution in [0.1, 0.15) is 109 Å². The SMILES string of the molecule is COC1C(O)CC(OC2CC(Oc3cc4cc5c(c(O)c4c(O)c3C)C(=O)[C@]3(OC4CC(OC6CC(OC7CC(C)(O)C(OC(C)=O)C(C)O7)C(O)C(C)O6)C(O)C(C)O4)C(O)=C(C(C)=O)C(=O)[C@H](OC)C3C5)OC(C)C2O)OC1C. The smallest absolute Gasteiger partial charge is 0.303 e. The quantitative estimate of drug-likeness (QED) is 0.0991. The second kappa shape index (κ2) is 23.5. The van der Waals surface area contributed by atoms with Gasteiger partial charge < -0.3 is 102 Å². The Bertz CT molecular complexity index is 2730. The first-order chi connectivity index (χ1) is 38.1. The maximum atomic E-state index is 15.6. The highest BCUT2D eigenvalue weighted by atomic mass is 16.7. The summed E-state index contributed by atoms with van der Waals surface area (Å²) in [5, 5.41) is 92.3. The molecule has 2 aromatic rings. The van der Waals surface area contributed by atoms with Crippen LogP contribution in [0.25, 0.3) is 10.8 Å². The Balaban J connectivity index is 0.987. The highest BCUT2D eigenvalue weighted by Gasteiger charge is 2.65. The van der Waals surface area contributed by atoms with E-state index >= 15 is 4.79 Å². The van der Waals surface area contributed by atoms with Crippen LogP contribution >= 0.6 is 0 Å². The highest BCUT2D eigenvalue weighted by molar-refractivity contribution is 6.25. The summed E-state index contributed by atoms with van der Waals surface area (Å²) in [6.45, 7) is 13.2. The molecule has 5 heterocycles. The number of aliphatic hydroxyl groups is 6. The normalized spacial score (nSPS) is 42.0. The molecule has 0 aromatic heterocycles. The van der Waals surface area contributed by atoms with Gasteiger partial charge in [0.05, 0.1) is 65.9 Å². The number of hydrogen-bond donors (Lipinski definition) is 8. The van der Waals surface area contributed by atoms with Crippen LogP contribution in [0.15, 0.2) is 23.5 Å². The third kappa shape index (κ3) is 11.4. The van der Waals surface area contributed by atoms with Crippen LogP contribution in [0.3, 0.4) is 0 Å². The van der Waals surface area contributed by atoms with Gasteiger partial charge in [0.2, 0.25) is 12.1 Å². The number of phenolic OH excluding ortho intramolecular Hbond substituents is 2. The van der Waals surface area contributed by atoms with Crippen molar-refractivity contribution in [1.82, 2.24) is 0 Å². The van der Waals surface area contributed by atoms with Gasteiger partial charge in [-0.2, -0.15) is 0 Å². The van der Waals surface area contributed by atoms with Crippen molar-refractivity contribution in [2.75, 3.05) is 14.2 Å². The number of aromatic hydroxyl groups is 2. The van der Waals surface area contributed by atoms with E-state index in [-0.39, 0.29) is 66.2 Å². The van der Waals surface area contributed by atoms with Gasteiger partial charge in [-0.05, 0) is 84.9 Å². The van der Waals surface area contributed by atoms with E-state index in [4.69, 9.17) is 61.6 Å². The molecule has 5 saturated heterocycles. The molecule has 0 amide bonds. The number of carbonyl (C=O) groups excluding carboxylic acids is 4. The number of ether oxygens (including phenoxy) is 13. The molecule has 0 radical (unpaired) electrons. The predicted molar refractivity (Wildman–Crippen MR) is 275 cm³/mol. The molecule has 23 atom stereocenters.